The molecule has 0 unspecified atom stereocenters. The predicted molar refractivity (Wildman–Crippen MR) is 86.8 cm³/mol. The van der Waals surface area contributed by atoms with Crippen molar-refractivity contribution in [2.75, 3.05) is 13.1 Å². The van der Waals surface area contributed by atoms with Gasteiger partial charge in [-0.05, 0) is 30.4 Å². The van der Waals surface area contributed by atoms with Gasteiger partial charge in [-0.25, -0.2) is 0 Å². The van der Waals surface area contributed by atoms with Crippen LogP contribution in [-0.4, -0.2) is 29.4 Å². The van der Waals surface area contributed by atoms with Gasteiger partial charge in [0.1, 0.15) is 5.69 Å². The number of hydrogen-bond donors (Lipinski definition) is 2. The number of aromatic nitrogens is 1. The van der Waals surface area contributed by atoms with Crippen molar-refractivity contribution < 1.29 is 4.79 Å². The van der Waals surface area contributed by atoms with Crippen LogP contribution in [0.2, 0.25) is 0 Å². The van der Waals surface area contributed by atoms with E-state index >= 15 is 0 Å². The fraction of sp³-hybridized carbons (Fsp3) is 0.500. The molecule has 1 aromatic heterocycles. The topological polar surface area (TPSA) is 54.0 Å². The lowest BCUT2D eigenvalue weighted by Crippen LogP contribution is -2.38. The standard InChI is InChI=1S/C16H21N3OS/c20-16(15-13-8-4-5-9-14(13)21-19-15)18-11-10-17-12-6-2-1-3-7-12/h4-5,8-9,12,17H,1-3,6-7,10-11H2,(H,18,20). The number of amides is 1. The molecule has 1 aromatic carbocycles. The SMILES string of the molecule is O=C(NCCNC1CCCCC1)c1nsc2ccccc12. The number of carbonyl (C=O) groups excluding carboxylic acids is 1. The van der Waals surface area contributed by atoms with E-state index in [1.165, 1.54) is 43.6 Å². The Morgan fingerprint density at radius 2 is 2.00 bits per heavy atom. The molecule has 5 heteroatoms. The monoisotopic (exact) mass is 303 g/mol. The molecule has 1 aliphatic carbocycles. The predicted octanol–water partition coefficient (Wildman–Crippen LogP) is 2.95. The average Bonchev–Trinajstić information content (AvgIpc) is 2.96. The highest BCUT2D eigenvalue weighted by Gasteiger charge is 2.14. The van der Waals surface area contributed by atoms with Crippen LogP contribution in [0.1, 0.15) is 42.6 Å². The molecule has 0 radical (unpaired) electrons. The van der Waals surface area contributed by atoms with Crippen LogP contribution in [0.4, 0.5) is 0 Å². The number of benzene rings is 1. The minimum absolute atomic E-state index is 0.0714. The second-order valence-electron chi connectivity index (χ2n) is 5.57. The second-order valence-corrected chi connectivity index (χ2v) is 6.38. The average molecular weight is 303 g/mol. The number of hydrogen-bond acceptors (Lipinski definition) is 4. The zero-order valence-electron chi connectivity index (χ0n) is 12.1. The number of nitrogens with one attached hydrogen (secondary N) is 2. The van der Waals surface area contributed by atoms with Gasteiger partial charge in [0.25, 0.3) is 5.91 Å². The van der Waals surface area contributed by atoms with Gasteiger partial charge < -0.3 is 10.6 Å². The first-order valence-electron chi connectivity index (χ1n) is 7.70. The van der Waals surface area contributed by atoms with Crippen LogP contribution in [0.3, 0.4) is 0 Å². The minimum atomic E-state index is -0.0714. The smallest absolute Gasteiger partial charge is 0.271 e. The van der Waals surface area contributed by atoms with Crippen molar-refractivity contribution in [2.45, 2.75) is 38.1 Å². The highest BCUT2D eigenvalue weighted by atomic mass is 32.1. The van der Waals surface area contributed by atoms with Crippen LogP contribution in [0, 0.1) is 0 Å². The Kier molecular flexibility index (Phi) is 4.83. The highest BCUT2D eigenvalue weighted by Crippen LogP contribution is 2.21. The zero-order valence-corrected chi connectivity index (χ0v) is 12.9. The third kappa shape index (κ3) is 3.60. The van der Waals surface area contributed by atoms with Crippen molar-refractivity contribution in [1.29, 1.82) is 0 Å². The maximum absolute atomic E-state index is 12.2. The quantitative estimate of drug-likeness (QED) is 0.835. The first kappa shape index (κ1) is 14.5. The van der Waals surface area contributed by atoms with Gasteiger partial charge in [-0.15, -0.1) is 0 Å². The lowest BCUT2D eigenvalue weighted by atomic mass is 9.95. The molecule has 1 fully saturated rings. The summed E-state index contributed by atoms with van der Waals surface area (Å²) in [6.45, 7) is 1.49. The Morgan fingerprint density at radius 1 is 1.19 bits per heavy atom. The van der Waals surface area contributed by atoms with Crippen LogP contribution < -0.4 is 10.6 Å². The van der Waals surface area contributed by atoms with E-state index < -0.39 is 0 Å². The van der Waals surface area contributed by atoms with Crippen molar-refractivity contribution in [1.82, 2.24) is 15.0 Å². The Balaban J connectivity index is 1.48. The molecule has 21 heavy (non-hydrogen) atoms. The van der Waals surface area contributed by atoms with Crippen LogP contribution in [-0.2, 0) is 0 Å². The molecular formula is C16H21N3OS. The van der Waals surface area contributed by atoms with Gasteiger partial charge in [-0.3, -0.25) is 4.79 Å². The lowest BCUT2D eigenvalue weighted by Gasteiger charge is -2.22. The maximum atomic E-state index is 12.2. The fourth-order valence-electron chi connectivity index (χ4n) is 2.89. The molecule has 1 aliphatic rings. The van der Waals surface area contributed by atoms with Crippen molar-refractivity contribution >= 4 is 27.5 Å². The van der Waals surface area contributed by atoms with Gasteiger partial charge in [-0.1, -0.05) is 37.5 Å². The number of fused-ring (bicyclic) bond motifs is 1. The first-order valence-corrected chi connectivity index (χ1v) is 8.48. The Morgan fingerprint density at radius 3 is 2.86 bits per heavy atom. The third-order valence-electron chi connectivity index (χ3n) is 4.04. The normalized spacial score (nSPS) is 16.2. The number of rotatable bonds is 5. The summed E-state index contributed by atoms with van der Waals surface area (Å²) in [7, 11) is 0. The molecule has 1 saturated carbocycles. The fourth-order valence-corrected chi connectivity index (χ4v) is 3.67. The summed E-state index contributed by atoms with van der Waals surface area (Å²) < 4.78 is 5.33. The van der Waals surface area contributed by atoms with Gasteiger partial charge in [0.15, 0.2) is 0 Å². The van der Waals surface area contributed by atoms with Crippen molar-refractivity contribution in [3.05, 3.63) is 30.0 Å². The molecule has 0 aliphatic heterocycles. The van der Waals surface area contributed by atoms with E-state index in [9.17, 15) is 4.79 Å². The van der Waals surface area contributed by atoms with Gasteiger partial charge in [0.05, 0.1) is 4.70 Å². The molecule has 4 nitrogen and oxygen atoms in total. The van der Waals surface area contributed by atoms with E-state index in [1.54, 1.807) is 0 Å². The van der Waals surface area contributed by atoms with Crippen LogP contribution in [0.15, 0.2) is 24.3 Å². The summed E-state index contributed by atoms with van der Waals surface area (Å²) in [5.41, 5.74) is 0.549. The summed E-state index contributed by atoms with van der Waals surface area (Å²) in [5.74, 6) is -0.0714. The van der Waals surface area contributed by atoms with E-state index in [1.807, 2.05) is 24.3 Å². The third-order valence-corrected chi connectivity index (χ3v) is 4.87. The molecule has 0 bridgehead atoms. The van der Waals surface area contributed by atoms with Crippen LogP contribution in [0.25, 0.3) is 10.1 Å². The van der Waals surface area contributed by atoms with Crippen LogP contribution in [0.5, 0.6) is 0 Å². The maximum Gasteiger partial charge on any atom is 0.271 e. The van der Waals surface area contributed by atoms with E-state index in [-0.39, 0.29) is 5.91 Å². The van der Waals surface area contributed by atoms with E-state index in [0.29, 0.717) is 18.3 Å². The van der Waals surface area contributed by atoms with Crippen molar-refractivity contribution in [2.24, 2.45) is 0 Å². The minimum Gasteiger partial charge on any atom is -0.349 e. The molecule has 2 aromatic rings. The first-order chi connectivity index (χ1) is 10.3. The molecule has 1 heterocycles. The summed E-state index contributed by atoms with van der Waals surface area (Å²) in [5, 5.41) is 7.43. The lowest BCUT2D eigenvalue weighted by molar-refractivity contribution is 0.0951. The summed E-state index contributed by atoms with van der Waals surface area (Å²) in [4.78, 5) is 12.2. The van der Waals surface area contributed by atoms with Crippen molar-refractivity contribution in [3.63, 3.8) is 0 Å². The van der Waals surface area contributed by atoms with E-state index in [0.717, 1.165) is 16.6 Å². The molecule has 112 valence electrons. The van der Waals surface area contributed by atoms with E-state index in [4.69, 9.17) is 0 Å². The zero-order chi connectivity index (χ0) is 14.5. The van der Waals surface area contributed by atoms with Gasteiger partial charge in [0.2, 0.25) is 0 Å². The van der Waals surface area contributed by atoms with Gasteiger partial charge in [-0.2, -0.15) is 4.37 Å². The van der Waals surface area contributed by atoms with Crippen LogP contribution >= 0.6 is 11.5 Å². The largest absolute Gasteiger partial charge is 0.349 e. The molecule has 0 spiro atoms. The van der Waals surface area contributed by atoms with E-state index in [2.05, 4.69) is 15.0 Å². The van der Waals surface area contributed by atoms with Crippen molar-refractivity contribution in [3.8, 4) is 0 Å². The molecular weight excluding hydrogens is 282 g/mol. The Hall–Kier alpha value is -1.46. The van der Waals surface area contributed by atoms with Gasteiger partial charge >= 0.3 is 0 Å². The molecule has 0 saturated heterocycles. The molecule has 1 amide bonds. The molecule has 0 atom stereocenters. The summed E-state index contributed by atoms with van der Waals surface area (Å²) >= 11 is 1.38. The Bertz CT molecular complexity index is 604. The molecule has 3 rings (SSSR count). The molecule has 2 N–H and O–H groups in total. The summed E-state index contributed by atoms with van der Waals surface area (Å²) in [6.07, 6.45) is 6.56. The number of carbonyl (C=O) groups is 1. The second kappa shape index (κ2) is 7.00. The number of nitrogens with zero attached hydrogens (tertiary/aromatic N) is 1. The van der Waals surface area contributed by atoms with Gasteiger partial charge in [0, 0.05) is 24.5 Å². The summed E-state index contributed by atoms with van der Waals surface area (Å²) in [6, 6.07) is 8.49. The Labute approximate surface area is 129 Å². The highest BCUT2D eigenvalue weighted by molar-refractivity contribution is 7.13.